The molecule has 2 fully saturated rings. The van der Waals surface area contributed by atoms with Gasteiger partial charge < -0.3 is 9.64 Å². The number of hydrogen-bond acceptors (Lipinski definition) is 5. The van der Waals surface area contributed by atoms with Gasteiger partial charge in [-0.1, -0.05) is 12.0 Å². The van der Waals surface area contributed by atoms with Crippen LogP contribution in [0.2, 0.25) is 0 Å². The number of alkyl halides is 3. The van der Waals surface area contributed by atoms with Crippen LogP contribution in [0.5, 0.6) is 0 Å². The van der Waals surface area contributed by atoms with Crippen molar-refractivity contribution in [3.8, 4) is 23.0 Å². The first-order valence-electron chi connectivity index (χ1n) is 12.1. The molecule has 1 aliphatic heterocycles. The summed E-state index contributed by atoms with van der Waals surface area (Å²) in [7, 11) is 0. The minimum atomic E-state index is -4.92. The van der Waals surface area contributed by atoms with E-state index in [1.807, 2.05) is 13.0 Å². The molecule has 37 heavy (non-hydrogen) atoms. The molecule has 0 bridgehead atoms. The highest BCUT2D eigenvalue weighted by molar-refractivity contribution is 6.06. The number of rotatable bonds is 4. The number of benzene rings is 1. The fraction of sp³-hybridized carbons (Fsp3) is 0.321. The molecule has 6 nitrogen and oxygen atoms in total. The average molecular weight is 507 g/mol. The van der Waals surface area contributed by atoms with Gasteiger partial charge in [0.25, 0.3) is 5.91 Å². The number of amides is 1. The quantitative estimate of drug-likeness (QED) is 0.359. The lowest BCUT2D eigenvalue weighted by Gasteiger charge is -2.30. The number of halogens is 3. The van der Waals surface area contributed by atoms with Crippen LogP contribution in [0, 0.1) is 24.7 Å². The van der Waals surface area contributed by atoms with Crippen molar-refractivity contribution >= 4 is 17.3 Å². The highest BCUT2D eigenvalue weighted by Crippen LogP contribution is 2.36. The first-order valence-corrected chi connectivity index (χ1v) is 12.1. The van der Waals surface area contributed by atoms with Gasteiger partial charge in [-0.2, -0.15) is 0 Å². The number of carbonyl (C=O) groups is 1. The van der Waals surface area contributed by atoms with Crippen molar-refractivity contribution < 1.29 is 22.7 Å². The molecule has 1 saturated heterocycles. The Morgan fingerprint density at radius 3 is 2.51 bits per heavy atom. The van der Waals surface area contributed by atoms with E-state index >= 15 is 0 Å². The van der Waals surface area contributed by atoms with Crippen molar-refractivity contribution in [3.63, 3.8) is 0 Å². The minimum absolute atomic E-state index is 0.107. The molecule has 190 valence electrons. The van der Waals surface area contributed by atoms with Crippen molar-refractivity contribution in [3.05, 3.63) is 71.8 Å². The summed E-state index contributed by atoms with van der Waals surface area (Å²) < 4.78 is 47.9. The highest BCUT2D eigenvalue weighted by atomic mass is 19.4. The van der Waals surface area contributed by atoms with Gasteiger partial charge in [-0.05, 0) is 67.1 Å². The molecule has 2 aromatic heterocycles. The lowest BCUT2D eigenvalue weighted by molar-refractivity contribution is -0.122. The number of anilines is 2. The second-order valence-electron chi connectivity index (χ2n) is 9.08. The zero-order valence-corrected chi connectivity index (χ0v) is 20.3. The molecule has 1 aromatic carbocycles. The Hall–Kier alpha value is -3.90. The van der Waals surface area contributed by atoms with E-state index in [0.717, 1.165) is 24.1 Å². The first kappa shape index (κ1) is 24.8. The van der Waals surface area contributed by atoms with Crippen LogP contribution >= 0.6 is 0 Å². The molecule has 0 unspecified atom stereocenters. The van der Waals surface area contributed by atoms with Crippen LogP contribution in [0.25, 0.3) is 11.1 Å². The zero-order valence-electron chi connectivity index (χ0n) is 20.3. The molecule has 1 saturated carbocycles. The number of pyridine rings is 2. The molecule has 0 spiro atoms. The van der Waals surface area contributed by atoms with Crippen LogP contribution < -0.4 is 9.80 Å². The second-order valence-corrected chi connectivity index (χ2v) is 9.08. The molecule has 1 amide bonds. The van der Waals surface area contributed by atoms with Crippen molar-refractivity contribution in [1.82, 2.24) is 9.97 Å². The van der Waals surface area contributed by atoms with Crippen LogP contribution in [0.4, 0.5) is 24.5 Å². The summed E-state index contributed by atoms with van der Waals surface area (Å²) in [6.45, 7) is 4.31. The number of aromatic nitrogens is 2. The van der Waals surface area contributed by atoms with E-state index in [4.69, 9.17) is 4.74 Å². The van der Waals surface area contributed by atoms with Crippen molar-refractivity contribution in [2.45, 2.75) is 26.1 Å². The van der Waals surface area contributed by atoms with E-state index in [0.29, 0.717) is 49.0 Å². The normalized spacial score (nSPS) is 15.6. The third-order valence-corrected chi connectivity index (χ3v) is 6.37. The fourth-order valence-electron chi connectivity index (χ4n) is 4.20. The Morgan fingerprint density at radius 1 is 1.11 bits per heavy atom. The Balaban J connectivity index is 1.56. The monoisotopic (exact) mass is 506 g/mol. The zero-order chi connectivity index (χ0) is 26.0. The van der Waals surface area contributed by atoms with Crippen LogP contribution in [-0.4, -0.2) is 48.5 Å². The summed E-state index contributed by atoms with van der Waals surface area (Å²) in [5, 5.41) is 0. The van der Waals surface area contributed by atoms with E-state index < -0.39 is 12.2 Å². The van der Waals surface area contributed by atoms with Gasteiger partial charge in [-0.3, -0.25) is 9.78 Å². The smallest absolute Gasteiger partial charge is 0.378 e. The summed E-state index contributed by atoms with van der Waals surface area (Å²) in [6, 6.07) is 8.71. The number of aryl methyl sites for hydroxylation is 1. The summed E-state index contributed by atoms with van der Waals surface area (Å²) >= 11 is 0. The largest absolute Gasteiger partial charge is 0.491 e. The molecule has 2 aliphatic rings. The Labute approximate surface area is 213 Å². The first-order chi connectivity index (χ1) is 17.8. The van der Waals surface area contributed by atoms with Gasteiger partial charge in [0.15, 0.2) is 0 Å². The number of ether oxygens (including phenoxy) is 1. The van der Waals surface area contributed by atoms with Gasteiger partial charge in [-0.25, -0.2) is 9.88 Å². The maximum Gasteiger partial charge on any atom is 0.491 e. The number of morpholine rings is 1. The van der Waals surface area contributed by atoms with Gasteiger partial charge in [-0.15, -0.1) is 13.2 Å². The average Bonchev–Trinajstić information content (AvgIpc) is 3.73. The predicted octanol–water partition coefficient (Wildman–Crippen LogP) is 5.22. The van der Waals surface area contributed by atoms with E-state index in [9.17, 15) is 18.0 Å². The maximum absolute atomic E-state index is 14.1. The highest BCUT2D eigenvalue weighted by Gasteiger charge is 2.43. The molecule has 0 N–H and O–H groups in total. The Morgan fingerprint density at radius 2 is 1.84 bits per heavy atom. The van der Waals surface area contributed by atoms with E-state index in [1.54, 1.807) is 12.3 Å². The topological polar surface area (TPSA) is 58.6 Å². The number of nitrogens with zero attached hydrogens (tertiary/aromatic N) is 4. The van der Waals surface area contributed by atoms with Crippen LogP contribution in [-0.2, 0) is 4.74 Å². The van der Waals surface area contributed by atoms with Gasteiger partial charge in [0.1, 0.15) is 5.69 Å². The van der Waals surface area contributed by atoms with Gasteiger partial charge in [0, 0.05) is 48.7 Å². The Bertz CT molecular complexity index is 1360. The molecule has 3 heterocycles. The molecule has 5 rings (SSSR count). The minimum Gasteiger partial charge on any atom is -0.378 e. The van der Waals surface area contributed by atoms with Crippen LogP contribution in [0.15, 0.2) is 55.0 Å². The lowest BCUT2D eigenvalue weighted by Crippen LogP contribution is -2.43. The number of hydrogen-bond donors (Lipinski definition) is 0. The third-order valence-electron chi connectivity index (χ3n) is 6.37. The van der Waals surface area contributed by atoms with Gasteiger partial charge >= 0.3 is 6.30 Å². The van der Waals surface area contributed by atoms with Gasteiger partial charge in [0.2, 0.25) is 0 Å². The van der Waals surface area contributed by atoms with Crippen LogP contribution in [0.1, 0.15) is 34.5 Å². The van der Waals surface area contributed by atoms with Crippen LogP contribution in [0.3, 0.4) is 0 Å². The summed E-state index contributed by atoms with van der Waals surface area (Å²) in [5.41, 5.74) is 3.06. The second kappa shape index (κ2) is 10.2. The Kier molecular flexibility index (Phi) is 6.85. The van der Waals surface area contributed by atoms with E-state index in [1.165, 1.54) is 36.7 Å². The van der Waals surface area contributed by atoms with E-state index in [-0.39, 0.29) is 16.2 Å². The molecule has 1 aliphatic carbocycles. The van der Waals surface area contributed by atoms with Gasteiger partial charge in [0.05, 0.1) is 24.6 Å². The molecule has 3 aromatic rings. The fourth-order valence-corrected chi connectivity index (χ4v) is 4.20. The summed E-state index contributed by atoms with van der Waals surface area (Å²) in [4.78, 5) is 23.3. The molecule has 0 radical (unpaired) electrons. The SMILES string of the molecule is Cc1ccc(N(C(=O)c2ccncc2)C(F)(F)F)cc1-c1cnc(C#CC2CC2)c(N2CCOCC2)c1. The maximum atomic E-state index is 14.1. The lowest BCUT2D eigenvalue weighted by atomic mass is 9.99. The molecule has 0 atom stereocenters. The number of carbonyl (C=O) groups excluding carboxylic acids is 1. The third kappa shape index (κ3) is 5.59. The standard InChI is InChI=1S/C28H25F3N4O2/c1-19-2-6-23(35(28(29,30)31)27(36)21-8-10-32-11-9-21)17-24(19)22-16-26(34-12-14-37-15-13-34)25(33-18-22)7-5-20-3-4-20/h2,6,8-11,16-18,20H,3-4,12-15H2,1H3. The van der Waals surface area contributed by atoms with Crippen molar-refractivity contribution in [2.75, 3.05) is 36.1 Å². The molecule has 9 heteroatoms. The predicted molar refractivity (Wildman–Crippen MR) is 134 cm³/mol. The van der Waals surface area contributed by atoms with Crippen molar-refractivity contribution in [2.24, 2.45) is 5.92 Å². The molecular formula is C28H25F3N4O2. The van der Waals surface area contributed by atoms with E-state index in [2.05, 4.69) is 26.7 Å². The molecular weight excluding hydrogens is 481 g/mol. The van der Waals surface area contributed by atoms with Crippen molar-refractivity contribution in [1.29, 1.82) is 0 Å². The summed E-state index contributed by atoms with van der Waals surface area (Å²) in [6.07, 6.45) is 1.47. The summed E-state index contributed by atoms with van der Waals surface area (Å²) in [5.74, 6) is 5.67.